The van der Waals surface area contributed by atoms with Crippen molar-refractivity contribution < 1.29 is 14.2 Å². The number of benzene rings is 1. The summed E-state index contributed by atoms with van der Waals surface area (Å²) in [5.74, 6) is -0.226. The molecule has 1 N–H and O–H groups in total. The number of likely N-dealkylation sites (N-methyl/N-ethyl adjacent to an activating group) is 1. The van der Waals surface area contributed by atoms with Gasteiger partial charge in [0.2, 0.25) is 0 Å². The smallest absolute Gasteiger partial charge is 0.123 e. The summed E-state index contributed by atoms with van der Waals surface area (Å²) >= 11 is 0. The minimum Gasteiger partial charge on any atom is -0.389 e. The molecule has 0 aliphatic heterocycles. The molecule has 0 aliphatic rings. The number of aliphatic hydroxyl groups is 1. The summed E-state index contributed by atoms with van der Waals surface area (Å²) in [5, 5.41) is 9.73. The molecule has 0 saturated carbocycles. The van der Waals surface area contributed by atoms with Crippen LogP contribution in [0, 0.1) is 5.82 Å². The second-order valence-electron chi connectivity index (χ2n) is 4.52. The van der Waals surface area contributed by atoms with Crippen molar-refractivity contribution in [1.29, 1.82) is 0 Å². The van der Waals surface area contributed by atoms with Gasteiger partial charge in [-0.15, -0.1) is 0 Å². The van der Waals surface area contributed by atoms with Gasteiger partial charge in [0.05, 0.1) is 12.7 Å². The second-order valence-corrected chi connectivity index (χ2v) is 4.52. The zero-order chi connectivity index (χ0) is 13.5. The Morgan fingerprint density at radius 1 is 1.33 bits per heavy atom. The van der Waals surface area contributed by atoms with E-state index in [1.807, 2.05) is 7.05 Å². The van der Waals surface area contributed by atoms with E-state index in [1.165, 1.54) is 12.1 Å². The van der Waals surface area contributed by atoms with Crippen LogP contribution in [0.4, 0.5) is 4.39 Å². The third-order valence-electron chi connectivity index (χ3n) is 3.03. The molecule has 1 aromatic rings. The lowest BCUT2D eigenvalue weighted by molar-refractivity contribution is 0.0335. The Hall–Kier alpha value is -0.970. The number of hydrogen-bond donors (Lipinski definition) is 1. The number of nitrogens with zero attached hydrogens (tertiary/aromatic N) is 1. The molecule has 0 bridgehead atoms. The van der Waals surface area contributed by atoms with Crippen LogP contribution in [0.25, 0.3) is 0 Å². The highest BCUT2D eigenvalue weighted by molar-refractivity contribution is 5.19. The van der Waals surface area contributed by atoms with Crippen molar-refractivity contribution in [3.8, 4) is 0 Å². The molecule has 3 nitrogen and oxygen atoms in total. The van der Waals surface area contributed by atoms with Crippen LogP contribution in [0.15, 0.2) is 24.3 Å². The van der Waals surface area contributed by atoms with Crippen molar-refractivity contribution in [2.45, 2.75) is 25.5 Å². The predicted molar refractivity (Wildman–Crippen MR) is 69.9 cm³/mol. The Kier molecular flexibility index (Phi) is 6.25. The molecular formula is C14H22FNO2. The maximum Gasteiger partial charge on any atom is 0.123 e. The van der Waals surface area contributed by atoms with E-state index in [0.717, 1.165) is 12.0 Å². The summed E-state index contributed by atoms with van der Waals surface area (Å²) in [5.41, 5.74) is 1.06. The van der Waals surface area contributed by atoms with Gasteiger partial charge in [0, 0.05) is 19.7 Å². The molecule has 0 aliphatic carbocycles. The zero-order valence-electron chi connectivity index (χ0n) is 11.3. The highest BCUT2D eigenvalue weighted by atomic mass is 19.1. The summed E-state index contributed by atoms with van der Waals surface area (Å²) in [7, 11) is 3.52. The topological polar surface area (TPSA) is 32.7 Å². The first-order chi connectivity index (χ1) is 8.58. The van der Waals surface area contributed by atoms with Crippen molar-refractivity contribution in [1.82, 2.24) is 4.90 Å². The Balaban J connectivity index is 2.67. The fourth-order valence-corrected chi connectivity index (χ4v) is 2.19. The number of rotatable bonds is 7. The van der Waals surface area contributed by atoms with Gasteiger partial charge in [-0.05, 0) is 31.2 Å². The highest BCUT2D eigenvalue weighted by Gasteiger charge is 2.17. The van der Waals surface area contributed by atoms with Crippen molar-refractivity contribution >= 4 is 0 Å². The van der Waals surface area contributed by atoms with Crippen molar-refractivity contribution in [3.63, 3.8) is 0 Å². The van der Waals surface area contributed by atoms with Crippen LogP contribution < -0.4 is 0 Å². The molecule has 0 fully saturated rings. The third-order valence-corrected chi connectivity index (χ3v) is 3.03. The fourth-order valence-electron chi connectivity index (χ4n) is 2.19. The molecule has 4 heteroatoms. The first kappa shape index (κ1) is 15.1. The maximum absolute atomic E-state index is 12.9. The molecule has 0 radical (unpaired) electrons. The van der Waals surface area contributed by atoms with Gasteiger partial charge < -0.3 is 9.84 Å². The van der Waals surface area contributed by atoms with Crippen LogP contribution in [-0.4, -0.2) is 43.4 Å². The van der Waals surface area contributed by atoms with E-state index in [-0.39, 0.29) is 11.9 Å². The molecule has 1 aromatic carbocycles. The van der Waals surface area contributed by atoms with Crippen molar-refractivity contribution in [2.24, 2.45) is 0 Å². The normalized spacial score (nSPS) is 14.8. The van der Waals surface area contributed by atoms with Gasteiger partial charge in [-0.2, -0.15) is 0 Å². The quantitative estimate of drug-likeness (QED) is 0.811. The maximum atomic E-state index is 12.9. The molecule has 0 spiro atoms. The molecule has 0 saturated heterocycles. The van der Waals surface area contributed by atoms with E-state index >= 15 is 0 Å². The van der Waals surface area contributed by atoms with Gasteiger partial charge in [0.15, 0.2) is 0 Å². The minimum atomic E-state index is -0.505. The number of halogens is 1. The van der Waals surface area contributed by atoms with Crippen LogP contribution in [0.1, 0.15) is 24.9 Å². The number of ether oxygens (including phenoxy) is 1. The van der Waals surface area contributed by atoms with Crippen LogP contribution in [-0.2, 0) is 4.74 Å². The summed E-state index contributed by atoms with van der Waals surface area (Å²) in [6.07, 6.45) is 0.400. The lowest BCUT2D eigenvalue weighted by Crippen LogP contribution is -2.34. The zero-order valence-corrected chi connectivity index (χ0v) is 11.3. The predicted octanol–water partition coefficient (Wildman–Crippen LogP) is 2.22. The van der Waals surface area contributed by atoms with Gasteiger partial charge >= 0.3 is 0 Å². The Morgan fingerprint density at radius 3 is 2.44 bits per heavy atom. The molecule has 2 atom stereocenters. The summed E-state index contributed by atoms with van der Waals surface area (Å²) in [6.45, 7) is 2.93. The fraction of sp³-hybridized carbons (Fsp3) is 0.571. The molecule has 0 heterocycles. The second kappa shape index (κ2) is 7.46. The lowest BCUT2D eigenvalue weighted by Gasteiger charge is -2.29. The molecule has 1 rings (SSSR count). The Morgan fingerprint density at radius 2 is 1.94 bits per heavy atom. The summed E-state index contributed by atoms with van der Waals surface area (Å²) in [4.78, 5) is 2.07. The van der Waals surface area contributed by atoms with Gasteiger partial charge in [-0.25, -0.2) is 4.39 Å². The average Bonchev–Trinajstić information content (AvgIpc) is 2.32. The number of methoxy groups -OCH3 is 1. The van der Waals surface area contributed by atoms with Crippen molar-refractivity contribution in [3.05, 3.63) is 35.6 Å². The molecule has 102 valence electrons. The van der Waals surface area contributed by atoms with Gasteiger partial charge in [0.25, 0.3) is 0 Å². The van der Waals surface area contributed by atoms with Gasteiger partial charge in [-0.1, -0.05) is 19.1 Å². The first-order valence-electron chi connectivity index (χ1n) is 6.21. The third kappa shape index (κ3) is 4.37. The summed E-state index contributed by atoms with van der Waals surface area (Å²) < 4.78 is 17.8. The Labute approximate surface area is 108 Å². The van der Waals surface area contributed by atoms with E-state index in [9.17, 15) is 9.50 Å². The van der Waals surface area contributed by atoms with Crippen LogP contribution in [0.3, 0.4) is 0 Å². The Bertz CT molecular complexity index is 342. The van der Waals surface area contributed by atoms with E-state index in [1.54, 1.807) is 19.2 Å². The van der Waals surface area contributed by atoms with E-state index in [4.69, 9.17) is 4.74 Å². The van der Waals surface area contributed by atoms with Crippen LogP contribution in [0.2, 0.25) is 0 Å². The van der Waals surface area contributed by atoms with E-state index in [2.05, 4.69) is 11.8 Å². The van der Waals surface area contributed by atoms with Crippen LogP contribution in [0.5, 0.6) is 0 Å². The van der Waals surface area contributed by atoms with Gasteiger partial charge in [0.1, 0.15) is 5.82 Å². The molecule has 2 unspecified atom stereocenters. The lowest BCUT2D eigenvalue weighted by atomic mass is 10.0. The molecule has 18 heavy (non-hydrogen) atoms. The molecular weight excluding hydrogens is 233 g/mol. The minimum absolute atomic E-state index is 0.178. The van der Waals surface area contributed by atoms with Gasteiger partial charge in [-0.3, -0.25) is 4.90 Å². The average molecular weight is 255 g/mol. The first-order valence-corrected chi connectivity index (χ1v) is 6.21. The number of hydrogen-bond acceptors (Lipinski definition) is 3. The van der Waals surface area contributed by atoms with E-state index < -0.39 is 6.10 Å². The summed E-state index contributed by atoms with van der Waals surface area (Å²) in [6, 6.07) is 6.71. The molecule has 0 aromatic heterocycles. The standard InChI is InChI=1S/C14H22FNO2/c1-4-14(11-5-7-12(15)8-6-11)16(2)9-13(17)10-18-3/h5-8,13-14,17H,4,9-10H2,1-3H3. The highest BCUT2D eigenvalue weighted by Crippen LogP contribution is 2.23. The van der Waals surface area contributed by atoms with Crippen LogP contribution >= 0.6 is 0 Å². The molecule has 0 amide bonds. The monoisotopic (exact) mass is 255 g/mol. The SMILES string of the molecule is CCC(c1ccc(F)cc1)N(C)CC(O)COC. The van der Waals surface area contributed by atoms with E-state index in [0.29, 0.717) is 13.2 Å². The number of aliphatic hydroxyl groups excluding tert-OH is 1. The van der Waals surface area contributed by atoms with Crippen molar-refractivity contribution in [2.75, 3.05) is 27.3 Å². The largest absolute Gasteiger partial charge is 0.389 e.